The minimum Gasteiger partial charge on any atom is -0.396 e. The van der Waals surface area contributed by atoms with Crippen LogP contribution < -0.4 is 5.73 Å². The smallest absolute Gasteiger partial charge is 0.217 e. The lowest BCUT2D eigenvalue weighted by Gasteiger charge is -2.13. The van der Waals surface area contributed by atoms with Gasteiger partial charge in [-0.3, -0.25) is 4.79 Å². The second-order valence-electron chi connectivity index (χ2n) is 7.39. The van der Waals surface area contributed by atoms with Gasteiger partial charge in [0.25, 0.3) is 0 Å². The normalized spacial score (nSPS) is 13.5. The molecule has 0 aromatic rings. The van der Waals surface area contributed by atoms with E-state index in [1.165, 1.54) is 45.4 Å². The highest BCUT2D eigenvalue weighted by molar-refractivity contribution is 5.73. The van der Waals surface area contributed by atoms with Crippen molar-refractivity contribution >= 4 is 5.91 Å². The summed E-state index contributed by atoms with van der Waals surface area (Å²) in [5, 5.41) is 25.0. The summed E-state index contributed by atoms with van der Waals surface area (Å²) in [5.74, 6) is 0.0000182. The van der Waals surface area contributed by atoms with Crippen LogP contribution in [-0.4, -0.2) is 40.5 Å². The monoisotopic (exact) mass is 399 g/mol. The number of hydrogen-bond acceptors (Lipinski definition) is 4. The van der Waals surface area contributed by atoms with Crippen molar-refractivity contribution in [3.05, 3.63) is 24.3 Å². The topological polar surface area (TPSA) is 104 Å². The average Bonchev–Trinajstić information content (AvgIpc) is 2.65. The molecule has 0 saturated heterocycles. The van der Waals surface area contributed by atoms with E-state index in [0.29, 0.717) is 12.8 Å². The number of aliphatic hydroxyl groups is 3. The SMILES string of the molecule is CC(O)CO.CCCCC/C=C\C/C=C\CCCCCC(CCO)CC(N)=O. The van der Waals surface area contributed by atoms with Gasteiger partial charge < -0.3 is 21.1 Å². The molecule has 0 saturated carbocycles. The van der Waals surface area contributed by atoms with Crippen LogP contribution in [0.25, 0.3) is 0 Å². The van der Waals surface area contributed by atoms with Crippen molar-refractivity contribution in [1.82, 2.24) is 0 Å². The van der Waals surface area contributed by atoms with E-state index in [9.17, 15) is 4.79 Å². The lowest BCUT2D eigenvalue weighted by atomic mass is 9.94. The Hall–Kier alpha value is -1.17. The summed E-state index contributed by atoms with van der Waals surface area (Å²) in [6, 6.07) is 0. The molecule has 0 fully saturated rings. The third-order valence-electron chi connectivity index (χ3n) is 4.35. The first-order valence-corrected chi connectivity index (χ1v) is 11.0. The Balaban J connectivity index is 0. The molecule has 5 nitrogen and oxygen atoms in total. The number of carbonyl (C=O) groups is 1. The largest absolute Gasteiger partial charge is 0.396 e. The molecular formula is C23H45NO4. The van der Waals surface area contributed by atoms with E-state index in [1.807, 2.05) is 0 Å². The molecule has 0 spiro atoms. The molecular weight excluding hydrogens is 354 g/mol. The summed E-state index contributed by atoms with van der Waals surface area (Å²) in [6.07, 6.45) is 21.4. The fourth-order valence-corrected chi connectivity index (χ4v) is 2.71. The van der Waals surface area contributed by atoms with Crippen LogP contribution in [-0.2, 0) is 4.79 Å². The minimum atomic E-state index is -0.560. The Bertz CT molecular complexity index is 381. The van der Waals surface area contributed by atoms with Gasteiger partial charge in [0.15, 0.2) is 0 Å². The predicted octanol–water partition coefficient (Wildman–Crippen LogP) is 4.25. The molecule has 5 N–H and O–H groups in total. The molecule has 0 aliphatic heterocycles. The maximum atomic E-state index is 10.9. The second-order valence-corrected chi connectivity index (χ2v) is 7.39. The number of unbranched alkanes of at least 4 members (excludes halogenated alkanes) is 6. The lowest BCUT2D eigenvalue weighted by Crippen LogP contribution is -2.17. The van der Waals surface area contributed by atoms with Crippen molar-refractivity contribution < 1.29 is 20.1 Å². The van der Waals surface area contributed by atoms with E-state index in [1.54, 1.807) is 0 Å². The molecule has 2 atom stereocenters. The first-order valence-electron chi connectivity index (χ1n) is 11.0. The van der Waals surface area contributed by atoms with Gasteiger partial charge in [-0.2, -0.15) is 0 Å². The maximum absolute atomic E-state index is 10.9. The van der Waals surface area contributed by atoms with E-state index in [-0.39, 0.29) is 25.0 Å². The van der Waals surface area contributed by atoms with Crippen LogP contribution >= 0.6 is 0 Å². The summed E-state index contributed by atoms with van der Waals surface area (Å²) < 4.78 is 0. The van der Waals surface area contributed by atoms with Crippen LogP contribution in [0.15, 0.2) is 24.3 Å². The molecule has 0 aliphatic rings. The molecule has 0 aromatic heterocycles. The second kappa shape index (κ2) is 23.9. The third-order valence-corrected chi connectivity index (χ3v) is 4.35. The summed E-state index contributed by atoms with van der Waals surface area (Å²) >= 11 is 0. The maximum Gasteiger partial charge on any atom is 0.217 e. The summed E-state index contributed by atoms with van der Waals surface area (Å²) in [5.41, 5.74) is 5.23. The van der Waals surface area contributed by atoms with Crippen molar-refractivity contribution in [1.29, 1.82) is 0 Å². The number of amides is 1. The number of hydrogen-bond donors (Lipinski definition) is 4. The fraction of sp³-hybridized carbons (Fsp3) is 0.783. The van der Waals surface area contributed by atoms with Gasteiger partial charge in [-0.1, -0.05) is 56.9 Å². The van der Waals surface area contributed by atoms with Gasteiger partial charge in [-0.25, -0.2) is 0 Å². The number of allylic oxidation sites excluding steroid dienone is 4. The van der Waals surface area contributed by atoms with E-state index in [4.69, 9.17) is 21.1 Å². The molecule has 0 aliphatic carbocycles. The Morgan fingerprint density at radius 3 is 1.96 bits per heavy atom. The Morgan fingerprint density at radius 1 is 0.929 bits per heavy atom. The van der Waals surface area contributed by atoms with Crippen LogP contribution in [0, 0.1) is 5.92 Å². The fourth-order valence-electron chi connectivity index (χ4n) is 2.71. The van der Waals surface area contributed by atoms with Crippen molar-refractivity contribution in [2.75, 3.05) is 13.2 Å². The number of rotatable bonds is 17. The van der Waals surface area contributed by atoms with Gasteiger partial charge in [0.2, 0.25) is 5.91 Å². The molecule has 0 aromatic carbocycles. The van der Waals surface area contributed by atoms with Crippen LogP contribution in [0.2, 0.25) is 0 Å². The predicted molar refractivity (Wildman–Crippen MR) is 118 cm³/mol. The standard InChI is InChI=1S/C20H37NO2.C3H8O2/c1-2-3-4-5-6-7-8-9-10-11-12-13-14-15-19(16-17-22)18-20(21)23;1-3(5)2-4/h6-7,9-10,19,22H,2-5,8,11-18H2,1H3,(H2,21,23);3-5H,2H2,1H3/b7-6-,10-9-;. The van der Waals surface area contributed by atoms with Crippen molar-refractivity contribution in [3.8, 4) is 0 Å². The molecule has 1 amide bonds. The molecule has 166 valence electrons. The summed E-state index contributed by atoms with van der Waals surface area (Å²) in [7, 11) is 0. The molecule has 28 heavy (non-hydrogen) atoms. The van der Waals surface area contributed by atoms with E-state index in [0.717, 1.165) is 25.7 Å². The van der Waals surface area contributed by atoms with Crippen molar-refractivity contribution in [2.45, 2.75) is 97.0 Å². The molecule has 5 heteroatoms. The third kappa shape index (κ3) is 27.1. The van der Waals surface area contributed by atoms with Gasteiger partial charge in [0.1, 0.15) is 0 Å². The molecule has 0 rings (SSSR count). The van der Waals surface area contributed by atoms with Gasteiger partial charge in [0.05, 0.1) is 12.7 Å². The first-order chi connectivity index (χ1) is 13.5. The van der Waals surface area contributed by atoms with E-state index in [2.05, 4.69) is 31.2 Å². The highest BCUT2D eigenvalue weighted by Crippen LogP contribution is 2.17. The summed E-state index contributed by atoms with van der Waals surface area (Å²) in [4.78, 5) is 10.9. The zero-order chi connectivity index (χ0) is 21.5. The summed E-state index contributed by atoms with van der Waals surface area (Å²) in [6.45, 7) is 3.77. The lowest BCUT2D eigenvalue weighted by molar-refractivity contribution is -0.119. The van der Waals surface area contributed by atoms with Crippen molar-refractivity contribution in [3.63, 3.8) is 0 Å². The first kappa shape index (κ1) is 29.0. The molecule has 0 heterocycles. The van der Waals surface area contributed by atoms with Gasteiger partial charge in [0, 0.05) is 13.0 Å². The zero-order valence-corrected chi connectivity index (χ0v) is 18.2. The quantitative estimate of drug-likeness (QED) is 0.217. The van der Waals surface area contributed by atoms with Gasteiger partial charge in [-0.15, -0.1) is 0 Å². The zero-order valence-electron chi connectivity index (χ0n) is 18.2. The van der Waals surface area contributed by atoms with E-state index >= 15 is 0 Å². The van der Waals surface area contributed by atoms with Crippen LogP contribution in [0.4, 0.5) is 0 Å². The number of carbonyl (C=O) groups excluding carboxylic acids is 1. The Morgan fingerprint density at radius 2 is 1.50 bits per heavy atom. The number of aliphatic hydroxyl groups excluding tert-OH is 3. The Kier molecular flexibility index (Phi) is 24.8. The van der Waals surface area contributed by atoms with Crippen LogP contribution in [0.1, 0.15) is 90.9 Å². The molecule has 0 radical (unpaired) electrons. The van der Waals surface area contributed by atoms with Gasteiger partial charge in [-0.05, 0) is 57.8 Å². The average molecular weight is 400 g/mol. The van der Waals surface area contributed by atoms with Crippen molar-refractivity contribution in [2.24, 2.45) is 11.7 Å². The van der Waals surface area contributed by atoms with Crippen LogP contribution in [0.5, 0.6) is 0 Å². The number of primary amides is 1. The molecule has 0 bridgehead atoms. The van der Waals surface area contributed by atoms with E-state index < -0.39 is 6.10 Å². The minimum absolute atomic E-state index is 0.139. The highest BCUT2D eigenvalue weighted by atomic mass is 16.3. The van der Waals surface area contributed by atoms with Crippen LogP contribution in [0.3, 0.4) is 0 Å². The molecule has 2 unspecified atom stereocenters. The number of nitrogens with two attached hydrogens (primary N) is 1. The Labute approximate surface area is 172 Å². The highest BCUT2D eigenvalue weighted by Gasteiger charge is 2.10. The van der Waals surface area contributed by atoms with Gasteiger partial charge >= 0.3 is 0 Å².